The van der Waals surface area contributed by atoms with Crippen molar-refractivity contribution in [2.75, 3.05) is 47.3 Å². The lowest BCUT2D eigenvalue weighted by atomic mass is 10.2. The molecule has 0 aliphatic heterocycles. The zero-order valence-electron chi connectivity index (χ0n) is 13.6. The lowest BCUT2D eigenvalue weighted by Gasteiger charge is -2.18. The van der Waals surface area contributed by atoms with Crippen molar-refractivity contribution in [1.29, 1.82) is 0 Å². The number of hydrogen-bond acceptors (Lipinski definition) is 5. The van der Waals surface area contributed by atoms with Gasteiger partial charge < -0.3 is 15.1 Å². The van der Waals surface area contributed by atoms with Gasteiger partial charge >= 0.3 is 0 Å². The zero-order valence-corrected chi connectivity index (χ0v) is 13.6. The number of hydrogen-bond donors (Lipinski definition) is 1. The van der Waals surface area contributed by atoms with Crippen LogP contribution in [0.15, 0.2) is 6.20 Å². The molecule has 1 rings (SSSR count). The average Bonchev–Trinajstić information content (AvgIpc) is 2.81. The second-order valence-electron chi connectivity index (χ2n) is 6.10. The zero-order chi connectivity index (χ0) is 15.0. The maximum absolute atomic E-state index is 4.19. The fourth-order valence-corrected chi connectivity index (χ4v) is 1.77. The third-order valence-electron chi connectivity index (χ3n) is 3.08. The standard InChI is InChI=1S/C14H30N6/c1-13(2)10-15-11-14-12-20(17-16-14)9-8-19(5)7-6-18(3)4/h12-13,15H,6-11H2,1-5H3. The normalized spacial score (nSPS) is 12.0. The molecule has 0 unspecified atom stereocenters. The first-order chi connectivity index (χ1) is 9.47. The molecule has 20 heavy (non-hydrogen) atoms. The summed E-state index contributed by atoms with van der Waals surface area (Å²) in [6.45, 7) is 10.3. The first-order valence-electron chi connectivity index (χ1n) is 7.40. The Bertz CT molecular complexity index is 360. The van der Waals surface area contributed by atoms with Gasteiger partial charge in [-0.1, -0.05) is 19.1 Å². The van der Waals surface area contributed by atoms with Gasteiger partial charge in [-0.05, 0) is 33.6 Å². The first kappa shape index (κ1) is 17.1. The van der Waals surface area contributed by atoms with E-state index in [0.717, 1.165) is 45.0 Å². The molecule has 6 nitrogen and oxygen atoms in total. The van der Waals surface area contributed by atoms with Crippen LogP contribution in [-0.2, 0) is 13.1 Å². The lowest BCUT2D eigenvalue weighted by molar-refractivity contribution is 0.269. The van der Waals surface area contributed by atoms with Crippen molar-refractivity contribution in [2.24, 2.45) is 5.92 Å². The molecule has 1 aromatic heterocycles. The van der Waals surface area contributed by atoms with Gasteiger partial charge in [0.05, 0.1) is 12.2 Å². The Kier molecular flexibility index (Phi) is 7.72. The van der Waals surface area contributed by atoms with Gasteiger partial charge in [-0.15, -0.1) is 5.10 Å². The monoisotopic (exact) mass is 282 g/mol. The van der Waals surface area contributed by atoms with E-state index in [1.54, 1.807) is 0 Å². The maximum Gasteiger partial charge on any atom is 0.0964 e. The second kappa shape index (κ2) is 9.05. The van der Waals surface area contributed by atoms with E-state index in [1.165, 1.54) is 0 Å². The molecule has 0 aliphatic carbocycles. The largest absolute Gasteiger partial charge is 0.311 e. The Morgan fingerprint density at radius 1 is 1.20 bits per heavy atom. The van der Waals surface area contributed by atoms with Crippen LogP contribution in [0.25, 0.3) is 0 Å². The SMILES string of the molecule is CC(C)CNCc1cn(CCN(C)CCN(C)C)nn1. The van der Waals surface area contributed by atoms with Gasteiger partial charge in [0.25, 0.3) is 0 Å². The quantitative estimate of drug-likeness (QED) is 0.678. The molecule has 116 valence electrons. The summed E-state index contributed by atoms with van der Waals surface area (Å²) in [5.74, 6) is 0.662. The van der Waals surface area contributed by atoms with E-state index in [2.05, 4.69) is 60.4 Å². The Morgan fingerprint density at radius 2 is 1.95 bits per heavy atom. The van der Waals surface area contributed by atoms with Crippen LogP contribution in [0, 0.1) is 5.92 Å². The molecule has 0 aromatic carbocycles. The minimum absolute atomic E-state index is 0.662. The third-order valence-corrected chi connectivity index (χ3v) is 3.08. The molecule has 1 heterocycles. The van der Waals surface area contributed by atoms with Gasteiger partial charge in [-0.25, -0.2) is 0 Å². The number of rotatable bonds is 10. The van der Waals surface area contributed by atoms with Gasteiger partial charge in [-0.2, -0.15) is 0 Å². The predicted octanol–water partition coefficient (Wildman–Crippen LogP) is 0.517. The van der Waals surface area contributed by atoms with Crippen LogP contribution in [-0.4, -0.2) is 72.1 Å². The Hall–Kier alpha value is -0.980. The highest BCUT2D eigenvalue weighted by Gasteiger charge is 2.03. The molecule has 0 saturated heterocycles. The van der Waals surface area contributed by atoms with Gasteiger partial charge in [0.1, 0.15) is 0 Å². The minimum Gasteiger partial charge on any atom is -0.311 e. The summed E-state index contributed by atoms with van der Waals surface area (Å²) in [5, 5.41) is 11.7. The molecule has 0 atom stereocenters. The van der Waals surface area contributed by atoms with Crippen LogP contribution in [0.4, 0.5) is 0 Å². The second-order valence-corrected chi connectivity index (χ2v) is 6.10. The molecule has 6 heteroatoms. The highest BCUT2D eigenvalue weighted by atomic mass is 15.4. The molecule has 0 fully saturated rings. The molecule has 0 spiro atoms. The van der Waals surface area contributed by atoms with E-state index in [-0.39, 0.29) is 0 Å². The highest BCUT2D eigenvalue weighted by Crippen LogP contribution is 1.95. The number of nitrogens with one attached hydrogen (secondary N) is 1. The third kappa shape index (κ3) is 7.57. The van der Waals surface area contributed by atoms with E-state index >= 15 is 0 Å². The summed E-state index contributed by atoms with van der Waals surface area (Å²) >= 11 is 0. The molecule has 1 N–H and O–H groups in total. The van der Waals surface area contributed by atoms with Crippen molar-refractivity contribution in [3.63, 3.8) is 0 Å². The fraction of sp³-hybridized carbons (Fsp3) is 0.857. The predicted molar refractivity (Wildman–Crippen MR) is 82.6 cm³/mol. The average molecular weight is 282 g/mol. The first-order valence-corrected chi connectivity index (χ1v) is 7.40. The Labute approximate surface area is 123 Å². The van der Waals surface area contributed by atoms with Crippen LogP contribution in [0.1, 0.15) is 19.5 Å². The van der Waals surface area contributed by atoms with Crippen molar-refractivity contribution in [3.8, 4) is 0 Å². The van der Waals surface area contributed by atoms with Gasteiger partial charge in [0, 0.05) is 32.4 Å². The summed E-state index contributed by atoms with van der Waals surface area (Å²) in [7, 11) is 6.34. The van der Waals surface area contributed by atoms with E-state index in [1.807, 2.05) is 10.9 Å². The van der Waals surface area contributed by atoms with Crippen molar-refractivity contribution < 1.29 is 0 Å². The van der Waals surface area contributed by atoms with E-state index in [0.29, 0.717) is 5.92 Å². The van der Waals surface area contributed by atoms with E-state index in [4.69, 9.17) is 0 Å². The smallest absolute Gasteiger partial charge is 0.0964 e. The van der Waals surface area contributed by atoms with Crippen LogP contribution in [0.3, 0.4) is 0 Å². The summed E-state index contributed by atoms with van der Waals surface area (Å²) < 4.78 is 1.93. The van der Waals surface area contributed by atoms with Crippen LogP contribution >= 0.6 is 0 Å². The molecule has 0 bridgehead atoms. The molecule has 0 saturated carbocycles. The maximum atomic E-state index is 4.19. The molecule has 0 amide bonds. The molecular weight excluding hydrogens is 252 g/mol. The molecule has 1 aromatic rings. The van der Waals surface area contributed by atoms with Gasteiger partial charge in [-0.3, -0.25) is 4.68 Å². The topological polar surface area (TPSA) is 49.2 Å². The number of likely N-dealkylation sites (N-methyl/N-ethyl adjacent to an activating group) is 2. The van der Waals surface area contributed by atoms with Gasteiger partial charge in [0.15, 0.2) is 0 Å². The van der Waals surface area contributed by atoms with Crippen molar-refractivity contribution >= 4 is 0 Å². The summed E-state index contributed by atoms with van der Waals surface area (Å²) in [6.07, 6.45) is 2.03. The highest BCUT2D eigenvalue weighted by molar-refractivity contribution is 4.91. The molecule has 0 aliphatic rings. The summed E-state index contributed by atoms with van der Waals surface area (Å²) in [6, 6.07) is 0. The summed E-state index contributed by atoms with van der Waals surface area (Å²) in [4.78, 5) is 4.52. The number of nitrogens with zero attached hydrogens (tertiary/aromatic N) is 5. The minimum atomic E-state index is 0.662. The Balaban J connectivity index is 2.22. The fourth-order valence-electron chi connectivity index (χ4n) is 1.77. The van der Waals surface area contributed by atoms with Crippen LogP contribution in [0.5, 0.6) is 0 Å². The van der Waals surface area contributed by atoms with Crippen molar-refractivity contribution in [3.05, 3.63) is 11.9 Å². The van der Waals surface area contributed by atoms with E-state index in [9.17, 15) is 0 Å². The lowest BCUT2D eigenvalue weighted by Crippen LogP contribution is -2.31. The molecule has 0 radical (unpaired) electrons. The number of aromatic nitrogens is 3. The van der Waals surface area contributed by atoms with E-state index < -0.39 is 0 Å². The molecular formula is C14H30N6. The van der Waals surface area contributed by atoms with Gasteiger partial charge in [0.2, 0.25) is 0 Å². The van der Waals surface area contributed by atoms with Crippen molar-refractivity contribution in [2.45, 2.75) is 26.9 Å². The van der Waals surface area contributed by atoms with Crippen molar-refractivity contribution in [1.82, 2.24) is 30.1 Å². The Morgan fingerprint density at radius 3 is 2.60 bits per heavy atom. The summed E-state index contributed by atoms with van der Waals surface area (Å²) in [5.41, 5.74) is 1.02. The van der Waals surface area contributed by atoms with Crippen LogP contribution < -0.4 is 5.32 Å². The van der Waals surface area contributed by atoms with Crippen LogP contribution in [0.2, 0.25) is 0 Å².